The molecule has 90 valence electrons. The number of hydrogen-bond acceptors (Lipinski definition) is 4. The summed E-state index contributed by atoms with van der Waals surface area (Å²) in [5.41, 5.74) is -0.283. The number of ether oxygens (including phenoxy) is 1. The summed E-state index contributed by atoms with van der Waals surface area (Å²) in [5.74, 6) is -0.109. The molecule has 1 aromatic rings. The van der Waals surface area contributed by atoms with Gasteiger partial charge in [0.15, 0.2) is 0 Å². The zero-order valence-corrected chi connectivity index (χ0v) is 11.0. The van der Waals surface area contributed by atoms with Crippen molar-refractivity contribution in [1.82, 2.24) is 10.3 Å². The lowest BCUT2D eigenvalue weighted by atomic mass is 10.2. The summed E-state index contributed by atoms with van der Waals surface area (Å²) >= 11 is 1.59. The van der Waals surface area contributed by atoms with Crippen LogP contribution in [0.1, 0.15) is 30.7 Å². The van der Waals surface area contributed by atoms with E-state index in [0.717, 1.165) is 9.88 Å². The van der Waals surface area contributed by atoms with Gasteiger partial charge in [0.25, 0.3) is 0 Å². The van der Waals surface area contributed by atoms with E-state index in [-0.39, 0.29) is 18.1 Å². The molecule has 1 heterocycles. The van der Waals surface area contributed by atoms with E-state index in [9.17, 15) is 4.79 Å². The monoisotopic (exact) mass is 242 g/mol. The summed E-state index contributed by atoms with van der Waals surface area (Å²) in [4.78, 5) is 16.7. The van der Waals surface area contributed by atoms with E-state index < -0.39 is 0 Å². The van der Waals surface area contributed by atoms with Gasteiger partial charge in [0.1, 0.15) is 11.6 Å². The Balaban J connectivity index is 2.25. The van der Waals surface area contributed by atoms with Gasteiger partial charge in [0, 0.05) is 11.1 Å². The minimum atomic E-state index is -0.283. The van der Waals surface area contributed by atoms with Crippen molar-refractivity contribution in [3.8, 4) is 0 Å². The van der Waals surface area contributed by atoms with Gasteiger partial charge in [-0.15, -0.1) is 11.3 Å². The number of nitrogens with zero attached hydrogens (tertiary/aromatic N) is 1. The Morgan fingerprint density at radius 3 is 2.75 bits per heavy atom. The topological polar surface area (TPSA) is 51.2 Å². The van der Waals surface area contributed by atoms with E-state index in [4.69, 9.17) is 4.74 Å². The fraction of sp³-hybridized carbons (Fsp3) is 0.636. The molecule has 0 atom stereocenters. The number of aromatic nitrogens is 1. The average molecular weight is 242 g/mol. The molecule has 1 amide bonds. The van der Waals surface area contributed by atoms with Crippen molar-refractivity contribution in [2.45, 2.75) is 39.8 Å². The number of amides is 1. The third-order valence-corrected chi connectivity index (χ3v) is 2.65. The molecule has 0 saturated carbocycles. The highest BCUT2D eigenvalue weighted by atomic mass is 32.1. The Kier molecular flexibility index (Phi) is 4.44. The largest absolute Gasteiger partial charge is 0.366 e. The Morgan fingerprint density at radius 1 is 1.56 bits per heavy atom. The lowest BCUT2D eigenvalue weighted by Crippen LogP contribution is -2.31. The van der Waals surface area contributed by atoms with Crippen molar-refractivity contribution in [3.63, 3.8) is 0 Å². The van der Waals surface area contributed by atoms with Gasteiger partial charge in [-0.2, -0.15) is 0 Å². The molecule has 0 aliphatic carbocycles. The second-order valence-corrected chi connectivity index (χ2v) is 5.86. The van der Waals surface area contributed by atoms with Crippen molar-refractivity contribution in [1.29, 1.82) is 0 Å². The lowest BCUT2D eigenvalue weighted by molar-refractivity contribution is -0.130. The maximum Gasteiger partial charge on any atom is 0.246 e. The highest BCUT2D eigenvalue weighted by Gasteiger charge is 2.12. The molecule has 1 rings (SSSR count). The molecule has 16 heavy (non-hydrogen) atoms. The number of carbonyl (C=O) groups is 1. The predicted octanol–water partition coefficient (Wildman–Crippen LogP) is 1.88. The first-order chi connectivity index (χ1) is 7.37. The summed E-state index contributed by atoms with van der Waals surface area (Å²) in [6, 6.07) is 0. The molecule has 5 heteroatoms. The SMILES string of the molecule is Cc1cnc(CNC(=O)COC(C)(C)C)s1. The Hall–Kier alpha value is -0.940. The van der Waals surface area contributed by atoms with E-state index in [0.29, 0.717) is 6.54 Å². The number of aryl methyl sites for hydroxylation is 1. The number of hydrogen-bond donors (Lipinski definition) is 1. The highest BCUT2D eigenvalue weighted by molar-refractivity contribution is 7.11. The molecular weight excluding hydrogens is 224 g/mol. The van der Waals surface area contributed by atoms with Gasteiger partial charge in [-0.1, -0.05) is 0 Å². The third-order valence-electron chi connectivity index (χ3n) is 1.74. The summed E-state index contributed by atoms with van der Waals surface area (Å²) in [5, 5.41) is 3.69. The standard InChI is InChI=1S/C11H18N2O2S/c1-8-5-13-10(16-8)6-12-9(14)7-15-11(2,3)4/h5H,6-7H2,1-4H3,(H,12,14). The van der Waals surface area contributed by atoms with Crippen LogP contribution in [0.4, 0.5) is 0 Å². The summed E-state index contributed by atoms with van der Waals surface area (Å²) in [7, 11) is 0. The number of nitrogens with one attached hydrogen (secondary N) is 1. The molecule has 0 unspecified atom stereocenters. The zero-order chi connectivity index (χ0) is 12.2. The molecule has 0 radical (unpaired) electrons. The third kappa shape index (κ3) is 5.23. The van der Waals surface area contributed by atoms with E-state index in [1.807, 2.05) is 27.7 Å². The van der Waals surface area contributed by atoms with Crippen molar-refractivity contribution in [2.75, 3.05) is 6.61 Å². The zero-order valence-electron chi connectivity index (χ0n) is 10.2. The summed E-state index contributed by atoms with van der Waals surface area (Å²) in [6.45, 7) is 8.32. The van der Waals surface area contributed by atoms with Crippen molar-refractivity contribution >= 4 is 17.2 Å². The van der Waals surface area contributed by atoms with Gasteiger partial charge in [0.05, 0.1) is 12.1 Å². The van der Waals surface area contributed by atoms with Gasteiger partial charge in [-0.25, -0.2) is 4.98 Å². The molecule has 0 aromatic carbocycles. The Morgan fingerprint density at radius 2 is 2.25 bits per heavy atom. The first-order valence-corrected chi connectivity index (χ1v) is 6.00. The molecular formula is C11H18N2O2S. The highest BCUT2D eigenvalue weighted by Crippen LogP contribution is 2.10. The predicted molar refractivity (Wildman–Crippen MR) is 64.4 cm³/mol. The molecule has 0 saturated heterocycles. The maximum atomic E-state index is 11.4. The number of carbonyl (C=O) groups excluding carboxylic acids is 1. The normalized spacial score (nSPS) is 11.5. The van der Waals surface area contributed by atoms with Gasteiger partial charge in [-0.05, 0) is 27.7 Å². The van der Waals surface area contributed by atoms with E-state index in [1.165, 1.54) is 0 Å². The van der Waals surface area contributed by atoms with E-state index >= 15 is 0 Å². The Bertz CT molecular complexity index is 355. The van der Waals surface area contributed by atoms with Crippen LogP contribution in [0.3, 0.4) is 0 Å². The van der Waals surface area contributed by atoms with Crippen LogP contribution < -0.4 is 5.32 Å². The van der Waals surface area contributed by atoms with Crippen LogP contribution in [0, 0.1) is 6.92 Å². The van der Waals surface area contributed by atoms with Gasteiger partial charge < -0.3 is 10.1 Å². The van der Waals surface area contributed by atoms with Crippen LogP contribution >= 0.6 is 11.3 Å². The summed E-state index contributed by atoms with van der Waals surface area (Å²) < 4.78 is 5.36. The molecule has 1 N–H and O–H groups in total. The number of thiazole rings is 1. The fourth-order valence-corrected chi connectivity index (χ4v) is 1.72. The molecule has 1 aromatic heterocycles. The fourth-order valence-electron chi connectivity index (χ4n) is 0.990. The second-order valence-electron chi connectivity index (χ2n) is 4.54. The van der Waals surface area contributed by atoms with Gasteiger partial charge >= 0.3 is 0 Å². The molecule has 0 aliphatic rings. The quantitative estimate of drug-likeness (QED) is 0.877. The number of rotatable bonds is 4. The molecule has 0 aliphatic heterocycles. The maximum absolute atomic E-state index is 11.4. The van der Waals surface area contributed by atoms with Crippen LogP contribution in [-0.4, -0.2) is 23.1 Å². The first-order valence-electron chi connectivity index (χ1n) is 5.19. The van der Waals surface area contributed by atoms with Crippen LogP contribution in [0.2, 0.25) is 0 Å². The van der Waals surface area contributed by atoms with E-state index in [2.05, 4.69) is 10.3 Å². The van der Waals surface area contributed by atoms with Crippen molar-refractivity contribution in [3.05, 3.63) is 16.1 Å². The first kappa shape index (κ1) is 13.1. The van der Waals surface area contributed by atoms with Gasteiger partial charge in [0.2, 0.25) is 5.91 Å². The molecule has 0 bridgehead atoms. The van der Waals surface area contributed by atoms with Crippen molar-refractivity contribution < 1.29 is 9.53 Å². The second kappa shape index (κ2) is 5.41. The molecule has 0 fully saturated rings. The van der Waals surface area contributed by atoms with Crippen LogP contribution in [0.25, 0.3) is 0 Å². The van der Waals surface area contributed by atoms with Crippen LogP contribution in [-0.2, 0) is 16.1 Å². The smallest absolute Gasteiger partial charge is 0.246 e. The minimum absolute atomic E-state index is 0.0911. The van der Waals surface area contributed by atoms with Crippen LogP contribution in [0.15, 0.2) is 6.20 Å². The average Bonchev–Trinajstić information content (AvgIpc) is 2.57. The minimum Gasteiger partial charge on any atom is -0.366 e. The van der Waals surface area contributed by atoms with Crippen molar-refractivity contribution in [2.24, 2.45) is 0 Å². The van der Waals surface area contributed by atoms with Gasteiger partial charge in [-0.3, -0.25) is 4.79 Å². The Labute approximate surface area is 100 Å². The summed E-state index contributed by atoms with van der Waals surface area (Å²) in [6.07, 6.45) is 1.80. The lowest BCUT2D eigenvalue weighted by Gasteiger charge is -2.18. The van der Waals surface area contributed by atoms with Crippen LogP contribution in [0.5, 0.6) is 0 Å². The van der Waals surface area contributed by atoms with E-state index in [1.54, 1.807) is 17.5 Å². The molecule has 0 spiro atoms. The molecule has 4 nitrogen and oxygen atoms in total.